The van der Waals surface area contributed by atoms with E-state index in [0.717, 1.165) is 16.0 Å². The van der Waals surface area contributed by atoms with Crippen LogP contribution in [0.25, 0.3) is 0 Å². The van der Waals surface area contributed by atoms with Gasteiger partial charge in [-0.2, -0.15) is 0 Å². The van der Waals surface area contributed by atoms with Crippen molar-refractivity contribution < 1.29 is 67.6 Å². The third kappa shape index (κ3) is 23.3. The van der Waals surface area contributed by atoms with E-state index >= 15 is 0 Å². The smallest absolute Gasteiger partial charge is 0.321 e. The number of likely N-dealkylation sites (tertiary alicyclic amines) is 1. The SMILES string of the molecule is CC[C@H](C)[C@@H]([C@@H](CC(=O)N1CCC[C@H]1[C@H](OC)[C@@H](C)C(O)N[C@@H](Cc1ccccc1)C(=O)O)OC)N(C)C(=O)[C@@H](NC(=O)[C@H](C(C)C)N(C)CCc1ccc(N(C)C(=O)C(CCCNC(N)=O)NC(=O)[C@@H](NC(=O)CCCCCN2C(=O)C=CC2=O)C(C)C)cc1)C(C)C. The molecule has 0 aliphatic carbocycles. The molecule has 2 aliphatic heterocycles. The first-order valence-corrected chi connectivity index (χ1v) is 33.3. The number of benzene rings is 2. The molecule has 0 radical (unpaired) electrons. The van der Waals surface area contributed by atoms with Gasteiger partial charge in [-0.25, -0.2) is 4.79 Å². The number of aliphatic carboxylic acids is 1. The maximum absolute atomic E-state index is 14.9. The standard InChI is InChI=1S/C69H109N11O14/c1-15-45(8)61(53(93-13)41-57(84)79-38-23-27-52(79)62(94-14)46(9)63(85)73-51(68(90)91)40-48-24-18-16-19-25-48)78(12)67(89)59(43(4)5)75-65(87)60(44(6)7)76(10)39-35-47-29-31-49(32-30-47)77(11)66(88)50(26-22-36-71-69(70)92)72-64(86)58(42(2)3)74-54(81)28-20-17-21-37-80-55(82)33-34-56(80)83/h16,18-19,24-25,29-34,42-46,50-53,58-63,73,85H,15,17,20-23,26-28,35-41H2,1-14H3,(H,72,86)(H,74,81)(H,75,87)(H,90,91)(H3,70,71,92)/t45-,46+,50?,51-,52-,53+,58-,59-,60-,61-,62+,63?/m0/s1. The zero-order chi connectivity index (χ0) is 70.1. The summed E-state index contributed by atoms with van der Waals surface area (Å²) in [7, 11) is 8.18. The number of nitrogens with zero attached hydrogens (tertiary/aromatic N) is 5. The second-order valence-electron chi connectivity index (χ2n) is 26.3. The van der Waals surface area contributed by atoms with Gasteiger partial charge in [0.2, 0.25) is 35.4 Å². The molecule has 524 valence electrons. The largest absolute Gasteiger partial charge is 0.480 e. The normalized spacial score (nSPS) is 17.6. The van der Waals surface area contributed by atoms with Crippen LogP contribution in [0.5, 0.6) is 0 Å². The van der Waals surface area contributed by atoms with Gasteiger partial charge < -0.3 is 61.4 Å². The number of imide groups is 1. The molecule has 2 aromatic carbocycles. The summed E-state index contributed by atoms with van der Waals surface area (Å²) < 4.78 is 12.1. The summed E-state index contributed by atoms with van der Waals surface area (Å²) in [6.45, 7) is 18.2. The molecule has 0 aromatic heterocycles. The van der Waals surface area contributed by atoms with E-state index in [2.05, 4.69) is 26.6 Å². The number of hydrogen-bond acceptors (Lipinski definition) is 15. The topological polar surface area (TPSA) is 332 Å². The molecule has 12 atom stereocenters. The minimum absolute atomic E-state index is 0.0674. The average Bonchev–Trinajstić information content (AvgIpc) is 1.33. The highest BCUT2D eigenvalue weighted by Crippen LogP contribution is 2.31. The molecular weight excluding hydrogens is 1210 g/mol. The number of rotatable bonds is 41. The maximum atomic E-state index is 14.9. The van der Waals surface area contributed by atoms with Gasteiger partial charge in [0.15, 0.2) is 0 Å². The van der Waals surface area contributed by atoms with Crippen molar-refractivity contribution in [3.05, 3.63) is 77.9 Å². The predicted octanol–water partition coefficient (Wildman–Crippen LogP) is 4.37. The van der Waals surface area contributed by atoms with E-state index in [1.54, 1.807) is 56.8 Å². The van der Waals surface area contributed by atoms with Gasteiger partial charge in [-0.05, 0) is 105 Å². The fourth-order valence-electron chi connectivity index (χ4n) is 12.7. The zero-order valence-electron chi connectivity index (χ0n) is 57.9. The van der Waals surface area contributed by atoms with Gasteiger partial charge in [0, 0.05) is 84.7 Å². The van der Waals surface area contributed by atoms with Crippen molar-refractivity contribution in [2.24, 2.45) is 35.3 Å². The van der Waals surface area contributed by atoms with Crippen molar-refractivity contribution in [1.29, 1.82) is 0 Å². The van der Waals surface area contributed by atoms with E-state index < -0.39 is 90.5 Å². The number of methoxy groups -OCH3 is 2. The molecule has 25 nitrogen and oxygen atoms in total. The van der Waals surface area contributed by atoms with Crippen LogP contribution >= 0.6 is 0 Å². The lowest BCUT2D eigenvalue weighted by atomic mass is 9.89. The Bertz CT molecular complexity index is 2820. The Morgan fingerprint density at radius 2 is 1.37 bits per heavy atom. The van der Waals surface area contributed by atoms with Crippen molar-refractivity contribution in [3.8, 4) is 0 Å². The lowest BCUT2D eigenvalue weighted by Gasteiger charge is -2.41. The number of aliphatic hydroxyl groups is 1. The number of carboxylic acids is 1. The molecule has 94 heavy (non-hydrogen) atoms. The summed E-state index contributed by atoms with van der Waals surface area (Å²) in [6, 6.07) is 10.1. The Morgan fingerprint density at radius 1 is 0.734 bits per heavy atom. The number of unbranched alkanes of at least 4 members (excludes halogenated alkanes) is 2. The molecule has 4 rings (SSSR count). The van der Waals surface area contributed by atoms with Crippen molar-refractivity contribution in [2.45, 2.75) is 200 Å². The molecule has 25 heteroatoms. The van der Waals surface area contributed by atoms with Gasteiger partial charge in [-0.3, -0.25) is 58.3 Å². The molecule has 2 aromatic rings. The predicted molar refractivity (Wildman–Crippen MR) is 358 cm³/mol. The van der Waals surface area contributed by atoms with Crippen molar-refractivity contribution >= 4 is 64.9 Å². The van der Waals surface area contributed by atoms with Gasteiger partial charge in [0.1, 0.15) is 30.4 Å². The Kier molecular flexibility index (Phi) is 32.7. The number of urea groups is 1. The van der Waals surface area contributed by atoms with E-state index in [1.165, 1.54) is 31.3 Å². The van der Waals surface area contributed by atoms with Crippen molar-refractivity contribution in [2.75, 3.05) is 66.4 Å². The van der Waals surface area contributed by atoms with Gasteiger partial charge in [0.25, 0.3) is 11.8 Å². The van der Waals surface area contributed by atoms with Crippen molar-refractivity contribution in [1.82, 2.24) is 46.2 Å². The fraction of sp³-hybridized carbons (Fsp3) is 0.652. The molecule has 2 heterocycles. The van der Waals surface area contributed by atoms with Crippen LogP contribution in [-0.2, 0) is 65.5 Å². The lowest BCUT2D eigenvalue weighted by molar-refractivity contribution is -0.148. The third-order valence-corrected chi connectivity index (χ3v) is 18.4. The third-order valence-electron chi connectivity index (χ3n) is 18.4. The van der Waals surface area contributed by atoms with Crippen LogP contribution in [0.2, 0.25) is 0 Å². The second kappa shape index (κ2) is 38.9. The fourth-order valence-corrected chi connectivity index (χ4v) is 12.7. The van der Waals surface area contributed by atoms with Crippen molar-refractivity contribution in [3.63, 3.8) is 0 Å². The number of hydrogen-bond donors (Lipinski definition) is 8. The number of likely N-dealkylation sites (N-methyl/N-ethyl adjacent to an activating group) is 3. The monoisotopic (exact) mass is 1320 g/mol. The number of aliphatic hydroxyl groups excluding tert-OH is 1. The number of carbonyl (C=O) groups excluding carboxylic acids is 9. The second-order valence-corrected chi connectivity index (χ2v) is 26.3. The first-order chi connectivity index (χ1) is 44.5. The highest BCUT2D eigenvalue weighted by molar-refractivity contribution is 6.12. The number of nitrogens with two attached hydrogens (primary N) is 1. The van der Waals surface area contributed by atoms with Crippen LogP contribution in [0.15, 0.2) is 66.7 Å². The average molecular weight is 1320 g/mol. The number of amides is 10. The van der Waals surface area contributed by atoms with Gasteiger partial charge in [-0.15, -0.1) is 0 Å². The highest BCUT2D eigenvalue weighted by atomic mass is 16.5. The lowest BCUT2D eigenvalue weighted by Crippen LogP contribution is -2.60. The zero-order valence-corrected chi connectivity index (χ0v) is 57.9. The van der Waals surface area contributed by atoms with E-state index in [4.69, 9.17) is 15.2 Å². The summed E-state index contributed by atoms with van der Waals surface area (Å²) >= 11 is 0. The molecule has 2 aliphatic rings. The summed E-state index contributed by atoms with van der Waals surface area (Å²) in [5, 5.41) is 35.7. The minimum atomic E-state index is -1.28. The summed E-state index contributed by atoms with van der Waals surface area (Å²) in [5.41, 5.74) is 7.53. The Labute approximate surface area is 556 Å². The van der Waals surface area contributed by atoms with Crippen LogP contribution in [0, 0.1) is 29.6 Å². The van der Waals surface area contributed by atoms with E-state index in [9.17, 15) is 58.2 Å². The van der Waals surface area contributed by atoms with E-state index in [-0.39, 0.29) is 97.9 Å². The molecule has 0 saturated carbocycles. The van der Waals surface area contributed by atoms with E-state index in [1.807, 2.05) is 96.0 Å². The molecule has 10 amide bonds. The molecule has 1 fully saturated rings. The minimum Gasteiger partial charge on any atom is -0.480 e. The molecule has 1 saturated heterocycles. The Hall–Kier alpha value is -7.32. The number of nitrogens with one attached hydrogen (secondary N) is 5. The van der Waals surface area contributed by atoms with E-state index in [0.29, 0.717) is 70.1 Å². The molecule has 0 spiro atoms. The van der Waals surface area contributed by atoms with Crippen LogP contribution in [0.1, 0.15) is 138 Å². The van der Waals surface area contributed by atoms with Gasteiger partial charge >= 0.3 is 12.0 Å². The number of primary amides is 1. The first-order valence-electron chi connectivity index (χ1n) is 33.3. The quantitative estimate of drug-likeness (QED) is 0.0260. The highest BCUT2D eigenvalue weighted by Gasteiger charge is 2.44. The summed E-state index contributed by atoms with van der Waals surface area (Å²) in [5.74, 6) is -5.67. The molecule has 9 N–H and O–H groups in total. The Balaban J connectivity index is 1.40. The molecular formula is C69H109N11O14. The van der Waals surface area contributed by atoms with Crippen LogP contribution in [0.3, 0.4) is 0 Å². The number of anilines is 1. The maximum Gasteiger partial charge on any atom is 0.321 e. The van der Waals surface area contributed by atoms with Crippen LogP contribution in [-0.4, -0.2) is 211 Å². The number of carboxylic acid groups (broad SMARTS) is 1. The molecule has 2 unspecified atom stereocenters. The Morgan fingerprint density at radius 3 is 1.94 bits per heavy atom. The first kappa shape index (κ1) is 79.1. The number of carbonyl (C=O) groups is 10. The summed E-state index contributed by atoms with van der Waals surface area (Å²) in [4.78, 5) is 141. The van der Waals surface area contributed by atoms with Crippen LogP contribution < -0.4 is 37.2 Å². The van der Waals surface area contributed by atoms with Gasteiger partial charge in [0.05, 0.1) is 36.8 Å². The van der Waals surface area contributed by atoms with Gasteiger partial charge in [-0.1, -0.05) is 118 Å². The summed E-state index contributed by atoms with van der Waals surface area (Å²) in [6.07, 6.45) is 4.40. The van der Waals surface area contributed by atoms with Crippen LogP contribution in [0.4, 0.5) is 10.5 Å². The molecule has 0 bridgehead atoms. The number of ether oxygens (including phenoxy) is 2.